The molecule has 0 aliphatic heterocycles. The molecule has 1 amide bonds. The van der Waals surface area contributed by atoms with E-state index in [4.69, 9.17) is 19.8 Å². The van der Waals surface area contributed by atoms with Crippen LogP contribution in [-0.2, 0) is 8.53 Å². The Hall–Kier alpha value is -0.942. The Kier molecular flexibility index (Phi) is 3.70. The van der Waals surface area contributed by atoms with Gasteiger partial charge in [-0.3, -0.25) is 0 Å². The van der Waals surface area contributed by atoms with Gasteiger partial charge in [0.25, 0.3) is 0 Å². The summed E-state index contributed by atoms with van der Waals surface area (Å²) in [5.74, 6) is -1.02. The molecule has 4 N–H and O–H groups in total. The molecule has 0 aliphatic carbocycles. The van der Waals surface area contributed by atoms with Crippen LogP contribution in [0.1, 0.15) is 6.92 Å². The van der Waals surface area contributed by atoms with E-state index in [9.17, 15) is 13.6 Å². The van der Waals surface area contributed by atoms with E-state index in [0.29, 0.717) is 0 Å². The second-order valence-corrected chi connectivity index (χ2v) is 6.75. The van der Waals surface area contributed by atoms with Gasteiger partial charge < -0.3 is 0 Å². The maximum absolute atomic E-state index is 11.0. The van der Waals surface area contributed by atoms with Crippen molar-refractivity contribution in [2.45, 2.75) is 6.92 Å². The molecule has 0 saturated heterocycles. The van der Waals surface area contributed by atoms with Gasteiger partial charge in [-0.2, -0.15) is 0 Å². The normalized spacial score (nSPS) is 11.2. The predicted molar refractivity (Wildman–Crippen MR) is 57.9 cm³/mol. The van der Waals surface area contributed by atoms with Crippen LogP contribution in [0.3, 0.4) is 0 Å². The molecule has 1 rings (SSSR count). The van der Waals surface area contributed by atoms with Gasteiger partial charge in [0.1, 0.15) is 0 Å². The Morgan fingerprint density at radius 1 is 1.44 bits per heavy atom. The van der Waals surface area contributed by atoms with Crippen molar-refractivity contribution < 1.29 is 21.8 Å². The molecule has 0 aliphatic rings. The van der Waals surface area contributed by atoms with Crippen LogP contribution in [0.5, 0.6) is 5.75 Å². The van der Waals surface area contributed by atoms with Crippen molar-refractivity contribution in [3.63, 3.8) is 0 Å². The van der Waals surface area contributed by atoms with Gasteiger partial charge in [-0.25, -0.2) is 0 Å². The fraction of sp³-hybridized carbons (Fsp3) is 0.125. The van der Waals surface area contributed by atoms with Crippen molar-refractivity contribution in [1.29, 1.82) is 0 Å². The summed E-state index contributed by atoms with van der Waals surface area (Å²) in [6.45, 7) is 1.23. The molecule has 0 spiro atoms. The van der Waals surface area contributed by atoms with Gasteiger partial charge in [-0.05, 0) is 0 Å². The molecule has 0 unspecified atom stereocenters. The molecule has 6 nitrogen and oxygen atoms in total. The van der Waals surface area contributed by atoms with Crippen LogP contribution in [0.25, 0.3) is 0 Å². The van der Waals surface area contributed by atoms with Gasteiger partial charge in [0.2, 0.25) is 0 Å². The van der Waals surface area contributed by atoms with Crippen molar-refractivity contribution in [2.24, 2.45) is 0 Å². The molecular weight excluding hydrogens is 300 g/mol. The minimum atomic E-state index is -5.23. The first kappa shape index (κ1) is 13.1. The SMILES string of the molecule is CC(=O)Nc1cc([As](=O)(O)O)c(O)cc1Cl. The van der Waals surface area contributed by atoms with Gasteiger partial charge in [0.15, 0.2) is 0 Å². The standard InChI is InChI=1S/C8H9AsClNO5/c1-4(12)11-7-2-5(9(14,15)16)8(13)3-6(7)10/h2-3,13H,1H3,(H,11,12)(H2,14,15,16). The van der Waals surface area contributed by atoms with E-state index in [1.54, 1.807) is 0 Å². The Balaban J connectivity index is 3.33. The monoisotopic (exact) mass is 309 g/mol. The number of carbonyl (C=O) groups is 1. The first-order valence-corrected chi connectivity index (χ1v) is 7.84. The van der Waals surface area contributed by atoms with Crippen molar-refractivity contribution in [3.05, 3.63) is 17.2 Å². The number of rotatable bonds is 2. The Morgan fingerprint density at radius 2 is 2.00 bits per heavy atom. The summed E-state index contributed by atoms with van der Waals surface area (Å²) in [4.78, 5) is 10.8. The molecule has 0 radical (unpaired) electrons. The van der Waals surface area contributed by atoms with E-state index in [1.807, 2.05) is 0 Å². The van der Waals surface area contributed by atoms with Crippen molar-refractivity contribution in [3.8, 4) is 5.75 Å². The fourth-order valence-corrected chi connectivity index (χ4v) is 2.66. The maximum atomic E-state index is 11.0. The summed E-state index contributed by atoms with van der Waals surface area (Å²) in [7, 11) is 0. The molecule has 0 atom stereocenters. The van der Waals surface area contributed by atoms with Crippen LogP contribution in [0, 0.1) is 0 Å². The third-order valence-electron chi connectivity index (χ3n) is 1.69. The minimum absolute atomic E-state index is 0.000370. The number of amides is 1. The predicted octanol–water partition coefficient (Wildman–Crippen LogP) is -0.435. The summed E-state index contributed by atoms with van der Waals surface area (Å²) in [5, 5.41) is 11.6. The Labute approximate surface area is 98.9 Å². The van der Waals surface area contributed by atoms with Crippen LogP contribution in [0.4, 0.5) is 5.69 Å². The summed E-state index contributed by atoms with van der Waals surface area (Å²) < 4.78 is 28.5. The van der Waals surface area contributed by atoms with Gasteiger partial charge in [-0.15, -0.1) is 0 Å². The van der Waals surface area contributed by atoms with Crippen molar-refractivity contribution >= 4 is 41.7 Å². The summed E-state index contributed by atoms with van der Waals surface area (Å²) in [6.07, 6.45) is 0. The molecule has 88 valence electrons. The average molecular weight is 310 g/mol. The first-order chi connectivity index (χ1) is 7.21. The summed E-state index contributed by atoms with van der Waals surface area (Å²) in [5.41, 5.74) is 0.0479. The number of nitrogens with one attached hydrogen (secondary N) is 1. The number of phenols is 1. The topological polar surface area (TPSA) is 107 Å². The van der Waals surface area contributed by atoms with Crippen LogP contribution in [0.15, 0.2) is 12.1 Å². The van der Waals surface area contributed by atoms with Crippen molar-refractivity contribution in [1.82, 2.24) is 0 Å². The average Bonchev–Trinajstić information content (AvgIpc) is 2.06. The van der Waals surface area contributed by atoms with Gasteiger partial charge in [0, 0.05) is 0 Å². The van der Waals surface area contributed by atoms with Crippen LogP contribution < -0.4 is 9.67 Å². The number of hydrogen-bond acceptors (Lipinski definition) is 3. The number of benzene rings is 1. The van der Waals surface area contributed by atoms with Gasteiger partial charge in [-0.1, -0.05) is 0 Å². The molecule has 1 aromatic carbocycles. The number of phenolic OH excluding ortho intramolecular Hbond substituents is 1. The zero-order valence-corrected chi connectivity index (χ0v) is 10.8. The fourth-order valence-electron chi connectivity index (χ4n) is 1.07. The second kappa shape index (κ2) is 4.51. The molecule has 0 saturated carbocycles. The second-order valence-electron chi connectivity index (χ2n) is 3.05. The number of carbonyl (C=O) groups excluding carboxylic acids is 1. The number of hydrogen-bond donors (Lipinski definition) is 4. The third kappa shape index (κ3) is 3.02. The molecular formula is C8H9AsClNO5. The van der Waals surface area contributed by atoms with Crippen LogP contribution in [-0.4, -0.2) is 33.4 Å². The number of halogens is 1. The molecule has 8 heteroatoms. The summed E-state index contributed by atoms with van der Waals surface area (Å²) >= 11 is 0.440. The third-order valence-corrected chi connectivity index (χ3v) is 4.07. The van der Waals surface area contributed by atoms with E-state index in [1.165, 1.54) is 6.92 Å². The Morgan fingerprint density at radius 3 is 2.44 bits per heavy atom. The Bertz CT molecular complexity index is 484. The van der Waals surface area contributed by atoms with Crippen LogP contribution in [0.2, 0.25) is 5.02 Å². The molecule has 0 aromatic heterocycles. The van der Waals surface area contributed by atoms with Gasteiger partial charge >= 0.3 is 98.7 Å². The zero-order valence-electron chi connectivity index (χ0n) is 8.14. The van der Waals surface area contributed by atoms with E-state index in [0.717, 1.165) is 12.1 Å². The molecule has 0 fully saturated rings. The quantitative estimate of drug-likeness (QED) is 0.438. The number of anilines is 1. The zero-order chi connectivity index (χ0) is 12.5. The van der Waals surface area contributed by atoms with Crippen molar-refractivity contribution in [2.75, 3.05) is 5.32 Å². The van der Waals surface area contributed by atoms with E-state index in [-0.39, 0.29) is 10.7 Å². The molecule has 0 bridgehead atoms. The number of aromatic hydroxyl groups is 1. The first-order valence-electron chi connectivity index (χ1n) is 4.08. The molecule has 16 heavy (non-hydrogen) atoms. The molecule has 1 aromatic rings. The van der Waals surface area contributed by atoms with Crippen LogP contribution >= 0.6 is 11.6 Å². The molecule has 0 heterocycles. The van der Waals surface area contributed by atoms with E-state index < -0.39 is 30.2 Å². The van der Waals surface area contributed by atoms with E-state index >= 15 is 0 Å². The van der Waals surface area contributed by atoms with E-state index in [2.05, 4.69) is 5.32 Å². The summed E-state index contributed by atoms with van der Waals surface area (Å²) in [6, 6.07) is 1.95. The van der Waals surface area contributed by atoms with Gasteiger partial charge in [0.05, 0.1) is 0 Å².